The molecule has 3 aliphatic rings. The molecule has 1 aliphatic heterocycles. The van der Waals surface area contributed by atoms with Crippen molar-refractivity contribution in [1.82, 2.24) is 10.2 Å². The Morgan fingerprint density at radius 3 is 2.33 bits per heavy atom. The Morgan fingerprint density at radius 1 is 1.19 bits per heavy atom. The van der Waals surface area contributed by atoms with Gasteiger partial charge in [-0.3, -0.25) is 24.1 Å². The van der Waals surface area contributed by atoms with Crippen molar-refractivity contribution >= 4 is 23.7 Å². The Hall–Kier alpha value is -2.69. The molecule has 1 N–H and O–H groups in total. The molecule has 3 rings (SSSR count). The second-order valence-corrected chi connectivity index (χ2v) is 7.34. The highest BCUT2D eigenvalue weighted by atomic mass is 16.5. The minimum Gasteiger partial charge on any atom is -0.456 e. The maximum Gasteiger partial charge on any atom is 0.308 e. The minimum absolute atomic E-state index is 0.0345. The lowest BCUT2D eigenvalue weighted by molar-refractivity contribution is -0.150. The summed E-state index contributed by atoms with van der Waals surface area (Å²) >= 11 is 0. The lowest BCUT2D eigenvalue weighted by atomic mass is 9.85. The lowest BCUT2D eigenvalue weighted by Crippen LogP contribution is -2.46. The van der Waals surface area contributed by atoms with Crippen LogP contribution in [0.4, 0.5) is 0 Å². The van der Waals surface area contributed by atoms with Crippen molar-refractivity contribution < 1.29 is 23.9 Å². The summed E-state index contributed by atoms with van der Waals surface area (Å²) in [6.45, 7) is -0.507. The van der Waals surface area contributed by atoms with Gasteiger partial charge in [-0.05, 0) is 38.5 Å². The summed E-state index contributed by atoms with van der Waals surface area (Å²) in [5, 5.41) is 11.9. The number of carbonyl (C=O) groups is 4. The molecule has 1 heterocycles. The molecule has 1 saturated carbocycles. The SMILES string of the molecule is N#CC1(NC(=O)COC(=O)CCN2C(=O)[C@@H]3CC=CC[C@H]3C2=O)CCCC1. The molecule has 8 heteroatoms. The Balaban J connectivity index is 1.42. The molecule has 8 nitrogen and oxygen atoms in total. The molecule has 2 atom stereocenters. The highest BCUT2D eigenvalue weighted by Gasteiger charge is 2.47. The van der Waals surface area contributed by atoms with Crippen molar-refractivity contribution in [1.29, 1.82) is 5.26 Å². The Labute approximate surface area is 157 Å². The average molecular weight is 373 g/mol. The monoisotopic (exact) mass is 373 g/mol. The number of nitriles is 1. The van der Waals surface area contributed by atoms with Gasteiger partial charge in [-0.2, -0.15) is 5.26 Å². The molecular weight excluding hydrogens is 350 g/mol. The number of fused-ring (bicyclic) bond motifs is 1. The van der Waals surface area contributed by atoms with E-state index in [0.29, 0.717) is 25.7 Å². The number of hydrogen-bond donors (Lipinski definition) is 1. The summed E-state index contributed by atoms with van der Waals surface area (Å²) in [4.78, 5) is 49.6. The van der Waals surface area contributed by atoms with Gasteiger partial charge in [-0.15, -0.1) is 0 Å². The first kappa shape index (κ1) is 19.1. The van der Waals surface area contributed by atoms with E-state index in [4.69, 9.17) is 4.74 Å². The van der Waals surface area contributed by atoms with E-state index in [0.717, 1.165) is 17.7 Å². The molecular formula is C19H23N3O5. The van der Waals surface area contributed by atoms with Gasteiger partial charge in [-0.1, -0.05) is 12.2 Å². The standard InChI is InChI=1S/C19H23N3O5/c20-12-19(8-3-4-9-19)21-15(23)11-27-16(24)7-10-22-17(25)13-5-1-2-6-14(13)18(22)26/h1-2,13-14H,3-11H2,(H,21,23)/t13-,14-/m1/s1. The van der Waals surface area contributed by atoms with E-state index in [1.165, 1.54) is 0 Å². The van der Waals surface area contributed by atoms with Gasteiger partial charge >= 0.3 is 5.97 Å². The number of esters is 1. The van der Waals surface area contributed by atoms with Crippen molar-refractivity contribution in [2.45, 2.75) is 50.5 Å². The van der Waals surface area contributed by atoms with Crippen LogP contribution in [-0.2, 0) is 23.9 Å². The van der Waals surface area contributed by atoms with Crippen LogP contribution in [0, 0.1) is 23.2 Å². The van der Waals surface area contributed by atoms with Gasteiger partial charge in [0.25, 0.3) is 5.91 Å². The Kier molecular flexibility index (Phi) is 5.59. The second-order valence-electron chi connectivity index (χ2n) is 7.34. The van der Waals surface area contributed by atoms with E-state index in [-0.39, 0.29) is 36.6 Å². The zero-order valence-corrected chi connectivity index (χ0v) is 15.1. The van der Waals surface area contributed by atoms with Crippen LogP contribution < -0.4 is 5.32 Å². The van der Waals surface area contributed by atoms with Crippen LogP contribution in [0.1, 0.15) is 44.9 Å². The van der Waals surface area contributed by atoms with Gasteiger partial charge in [-0.25, -0.2) is 0 Å². The molecule has 2 fully saturated rings. The normalized spacial score (nSPS) is 25.8. The predicted octanol–water partition coefficient (Wildman–Crippen LogP) is 0.823. The average Bonchev–Trinajstić information content (AvgIpc) is 3.23. The number of imide groups is 1. The van der Waals surface area contributed by atoms with Crippen LogP contribution >= 0.6 is 0 Å². The summed E-state index contributed by atoms with van der Waals surface area (Å²) in [5.74, 6) is -2.29. The largest absolute Gasteiger partial charge is 0.456 e. The maximum atomic E-state index is 12.3. The number of ether oxygens (including phenoxy) is 1. The molecule has 144 valence electrons. The number of amides is 3. The Morgan fingerprint density at radius 2 is 1.78 bits per heavy atom. The summed E-state index contributed by atoms with van der Waals surface area (Å²) < 4.78 is 4.93. The molecule has 0 aromatic carbocycles. The highest BCUT2D eigenvalue weighted by Crippen LogP contribution is 2.35. The van der Waals surface area contributed by atoms with Gasteiger partial charge < -0.3 is 10.1 Å². The number of carbonyl (C=O) groups excluding carboxylic acids is 4. The smallest absolute Gasteiger partial charge is 0.308 e. The third kappa shape index (κ3) is 4.02. The van der Waals surface area contributed by atoms with Gasteiger partial charge in [0.15, 0.2) is 6.61 Å². The molecule has 0 unspecified atom stereocenters. The fourth-order valence-electron chi connectivity index (χ4n) is 4.06. The number of nitrogens with zero attached hydrogens (tertiary/aromatic N) is 2. The third-order valence-electron chi connectivity index (χ3n) is 5.55. The van der Waals surface area contributed by atoms with E-state index in [2.05, 4.69) is 11.4 Å². The predicted molar refractivity (Wildman–Crippen MR) is 92.6 cm³/mol. The highest BCUT2D eigenvalue weighted by molar-refractivity contribution is 6.05. The molecule has 3 amide bonds. The molecule has 0 aromatic heterocycles. The molecule has 0 bridgehead atoms. The van der Waals surface area contributed by atoms with Gasteiger partial charge in [0.1, 0.15) is 5.54 Å². The molecule has 0 radical (unpaired) electrons. The van der Waals surface area contributed by atoms with E-state index in [1.807, 2.05) is 12.2 Å². The molecule has 1 saturated heterocycles. The van der Waals surface area contributed by atoms with Crippen molar-refractivity contribution in [3.8, 4) is 6.07 Å². The first-order chi connectivity index (χ1) is 13.0. The summed E-state index contributed by atoms with van der Waals surface area (Å²) in [5.41, 5.74) is -0.859. The van der Waals surface area contributed by atoms with Crippen LogP contribution in [0.3, 0.4) is 0 Å². The lowest BCUT2D eigenvalue weighted by Gasteiger charge is -2.21. The number of rotatable bonds is 6. The fourth-order valence-corrected chi connectivity index (χ4v) is 4.06. The number of allylic oxidation sites excluding steroid dienone is 2. The van der Waals surface area contributed by atoms with Crippen molar-refractivity contribution in [2.75, 3.05) is 13.2 Å². The van der Waals surface area contributed by atoms with E-state index >= 15 is 0 Å². The Bertz CT molecular complexity index is 691. The maximum absolute atomic E-state index is 12.3. The molecule has 0 spiro atoms. The van der Waals surface area contributed by atoms with Crippen LogP contribution in [0.15, 0.2) is 12.2 Å². The number of nitrogens with one attached hydrogen (secondary N) is 1. The zero-order valence-electron chi connectivity index (χ0n) is 15.1. The van der Waals surface area contributed by atoms with Crippen molar-refractivity contribution in [2.24, 2.45) is 11.8 Å². The van der Waals surface area contributed by atoms with E-state index in [9.17, 15) is 24.4 Å². The molecule has 0 aromatic rings. The van der Waals surface area contributed by atoms with E-state index in [1.54, 1.807) is 0 Å². The quantitative estimate of drug-likeness (QED) is 0.419. The van der Waals surface area contributed by atoms with Crippen molar-refractivity contribution in [3.63, 3.8) is 0 Å². The summed E-state index contributed by atoms with van der Waals surface area (Å²) in [7, 11) is 0. The minimum atomic E-state index is -0.859. The number of likely N-dealkylation sites (tertiary alicyclic amines) is 1. The van der Waals surface area contributed by atoms with Gasteiger partial charge in [0.2, 0.25) is 11.8 Å². The fraction of sp³-hybridized carbons (Fsp3) is 0.632. The molecule has 2 aliphatic carbocycles. The van der Waals surface area contributed by atoms with E-state index < -0.39 is 24.0 Å². The second kappa shape index (κ2) is 7.91. The summed E-state index contributed by atoms with van der Waals surface area (Å²) in [6.07, 6.45) is 7.71. The first-order valence-corrected chi connectivity index (χ1v) is 9.34. The van der Waals surface area contributed by atoms with Gasteiger partial charge in [0, 0.05) is 6.54 Å². The van der Waals surface area contributed by atoms with Crippen molar-refractivity contribution in [3.05, 3.63) is 12.2 Å². The third-order valence-corrected chi connectivity index (χ3v) is 5.55. The van der Waals surface area contributed by atoms with Crippen LogP contribution in [0.5, 0.6) is 0 Å². The zero-order chi connectivity index (χ0) is 19.4. The first-order valence-electron chi connectivity index (χ1n) is 9.34. The van der Waals surface area contributed by atoms with Crippen LogP contribution in [0.25, 0.3) is 0 Å². The van der Waals surface area contributed by atoms with Crippen LogP contribution in [0.2, 0.25) is 0 Å². The van der Waals surface area contributed by atoms with Gasteiger partial charge in [0.05, 0.1) is 24.3 Å². The molecule has 27 heavy (non-hydrogen) atoms. The topological polar surface area (TPSA) is 117 Å². The number of hydrogen-bond acceptors (Lipinski definition) is 6. The summed E-state index contributed by atoms with van der Waals surface area (Å²) in [6, 6.07) is 2.13. The van der Waals surface area contributed by atoms with Crippen LogP contribution in [-0.4, -0.2) is 47.3 Å².